The maximum atomic E-state index is 12.4. The summed E-state index contributed by atoms with van der Waals surface area (Å²) in [4.78, 5) is 24.0. The summed E-state index contributed by atoms with van der Waals surface area (Å²) in [5, 5.41) is 12.1. The molecule has 28 heavy (non-hydrogen) atoms. The molecule has 5 nitrogen and oxygen atoms in total. The number of amides is 1. The maximum absolute atomic E-state index is 12.4. The van der Waals surface area contributed by atoms with E-state index in [0.717, 1.165) is 54.4 Å². The summed E-state index contributed by atoms with van der Waals surface area (Å²) < 4.78 is 5.50. The van der Waals surface area contributed by atoms with Gasteiger partial charge < -0.3 is 15.2 Å². The van der Waals surface area contributed by atoms with E-state index in [1.54, 1.807) is 0 Å². The smallest absolute Gasteiger partial charge is 0.407 e. The second kappa shape index (κ2) is 8.05. The number of carboxylic acids is 1. The predicted octanol–water partition coefficient (Wildman–Crippen LogP) is 4.56. The molecule has 1 saturated carbocycles. The van der Waals surface area contributed by atoms with Gasteiger partial charge in [0.25, 0.3) is 0 Å². The third-order valence-corrected chi connectivity index (χ3v) is 6.00. The van der Waals surface area contributed by atoms with E-state index in [-0.39, 0.29) is 18.4 Å². The quantitative estimate of drug-likeness (QED) is 0.799. The first-order chi connectivity index (χ1) is 13.6. The van der Waals surface area contributed by atoms with Crippen molar-refractivity contribution >= 4 is 12.1 Å². The van der Waals surface area contributed by atoms with E-state index in [1.165, 1.54) is 0 Å². The van der Waals surface area contributed by atoms with Crippen LogP contribution in [0.5, 0.6) is 0 Å². The Kier molecular flexibility index (Phi) is 5.33. The third kappa shape index (κ3) is 3.61. The normalized spacial score (nSPS) is 17.4. The molecule has 1 fully saturated rings. The molecule has 1 amide bonds. The van der Waals surface area contributed by atoms with Crippen LogP contribution in [-0.2, 0) is 9.53 Å². The van der Waals surface area contributed by atoms with Crippen molar-refractivity contribution in [3.8, 4) is 11.1 Å². The number of carboxylic acid groups (broad SMARTS) is 1. The van der Waals surface area contributed by atoms with Gasteiger partial charge in [-0.3, -0.25) is 0 Å². The highest BCUT2D eigenvalue weighted by atomic mass is 16.5. The molecule has 0 saturated heterocycles. The van der Waals surface area contributed by atoms with Gasteiger partial charge in [-0.25, -0.2) is 9.59 Å². The number of nitrogens with one attached hydrogen (secondary N) is 1. The first-order valence-corrected chi connectivity index (χ1v) is 9.99. The number of alkyl carbamates (subject to hydrolysis) is 1. The number of carbonyl (C=O) groups excluding carboxylic acids is 1. The second-order valence-corrected chi connectivity index (χ2v) is 7.68. The lowest BCUT2D eigenvalue weighted by Crippen LogP contribution is -2.46. The molecule has 0 aliphatic heterocycles. The Morgan fingerprint density at radius 1 is 0.964 bits per heavy atom. The Balaban J connectivity index is 1.44. The highest BCUT2D eigenvalue weighted by molar-refractivity contribution is 5.81. The molecule has 1 unspecified atom stereocenters. The molecule has 0 heterocycles. The van der Waals surface area contributed by atoms with Crippen molar-refractivity contribution in [2.24, 2.45) is 5.92 Å². The molecule has 2 N–H and O–H groups in total. The lowest BCUT2D eigenvalue weighted by molar-refractivity contribution is -0.141. The summed E-state index contributed by atoms with van der Waals surface area (Å²) in [5.74, 6) is -1.04. The molecule has 0 aromatic heterocycles. The predicted molar refractivity (Wildman–Crippen MR) is 106 cm³/mol. The van der Waals surface area contributed by atoms with Gasteiger partial charge in [0, 0.05) is 5.92 Å². The van der Waals surface area contributed by atoms with E-state index in [1.807, 2.05) is 24.3 Å². The van der Waals surface area contributed by atoms with Gasteiger partial charge in [0.2, 0.25) is 0 Å². The van der Waals surface area contributed by atoms with Crippen molar-refractivity contribution in [2.45, 2.75) is 44.1 Å². The zero-order chi connectivity index (χ0) is 19.5. The molecule has 2 aliphatic rings. The van der Waals surface area contributed by atoms with Crippen molar-refractivity contribution in [3.05, 3.63) is 59.7 Å². The molecular formula is C23H25NO4. The van der Waals surface area contributed by atoms with Crippen LogP contribution in [0, 0.1) is 5.92 Å². The standard InChI is InChI=1S/C23H25NO4/c25-22(26)21(15-8-2-1-3-9-15)24-23(27)28-14-20-18-12-6-4-10-16(18)17-11-5-7-13-19(17)20/h4-7,10-13,15,20-21H,1-3,8-9,14H2,(H,24,27)(H,25,26). The van der Waals surface area contributed by atoms with Crippen LogP contribution < -0.4 is 5.32 Å². The Labute approximate surface area is 164 Å². The number of fused-ring (bicyclic) bond motifs is 3. The molecule has 146 valence electrons. The summed E-state index contributed by atoms with van der Waals surface area (Å²) in [7, 11) is 0. The Bertz CT molecular complexity index is 827. The van der Waals surface area contributed by atoms with Crippen LogP contribution in [0.1, 0.15) is 49.1 Å². The Hall–Kier alpha value is -2.82. The van der Waals surface area contributed by atoms with Crippen LogP contribution in [0.3, 0.4) is 0 Å². The third-order valence-electron chi connectivity index (χ3n) is 6.00. The average Bonchev–Trinajstić information content (AvgIpc) is 3.05. The zero-order valence-electron chi connectivity index (χ0n) is 15.8. The van der Waals surface area contributed by atoms with Gasteiger partial charge >= 0.3 is 12.1 Å². The monoisotopic (exact) mass is 379 g/mol. The summed E-state index contributed by atoms with van der Waals surface area (Å²) >= 11 is 0. The Morgan fingerprint density at radius 2 is 1.54 bits per heavy atom. The fourth-order valence-electron chi connectivity index (χ4n) is 4.62. The van der Waals surface area contributed by atoms with Crippen LogP contribution in [0.2, 0.25) is 0 Å². The fraction of sp³-hybridized carbons (Fsp3) is 0.391. The summed E-state index contributed by atoms with van der Waals surface area (Å²) in [6.07, 6.45) is 4.18. The highest BCUT2D eigenvalue weighted by Gasteiger charge is 2.32. The fourth-order valence-corrected chi connectivity index (χ4v) is 4.62. The van der Waals surface area contributed by atoms with Gasteiger partial charge in [-0.05, 0) is 41.0 Å². The minimum Gasteiger partial charge on any atom is -0.480 e. The largest absolute Gasteiger partial charge is 0.480 e. The first kappa shape index (κ1) is 18.5. The van der Waals surface area contributed by atoms with Crippen molar-refractivity contribution in [1.82, 2.24) is 5.32 Å². The summed E-state index contributed by atoms with van der Waals surface area (Å²) in [6, 6.07) is 15.4. The van der Waals surface area contributed by atoms with Crippen LogP contribution in [0.15, 0.2) is 48.5 Å². The van der Waals surface area contributed by atoms with Gasteiger partial charge in [0.05, 0.1) is 0 Å². The number of benzene rings is 2. The molecular weight excluding hydrogens is 354 g/mol. The molecule has 2 aliphatic carbocycles. The zero-order valence-corrected chi connectivity index (χ0v) is 15.8. The van der Waals surface area contributed by atoms with Crippen LogP contribution in [-0.4, -0.2) is 29.8 Å². The number of aliphatic carboxylic acids is 1. The van der Waals surface area contributed by atoms with Crippen LogP contribution >= 0.6 is 0 Å². The number of hydrogen-bond acceptors (Lipinski definition) is 3. The van der Waals surface area contributed by atoms with E-state index < -0.39 is 18.1 Å². The van der Waals surface area contributed by atoms with Gasteiger partial charge in [-0.1, -0.05) is 67.8 Å². The lowest BCUT2D eigenvalue weighted by Gasteiger charge is -2.27. The number of carbonyl (C=O) groups is 2. The highest BCUT2D eigenvalue weighted by Crippen LogP contribution is 2.44. The molecule has 2 aromatic carbocycles. The van der Waals surface area contributed by atoms with Gasteiger partial charge in [0.15, 0.2) is 0 Å². The van der Waals surface area contributed by atoms with Crippen molar-refractivity contribution in [3.63, 3.8) is 0 Å². The summed E-state index contributed by atoms with van der Waals surface area (Å²) in [6.45, 7) is 0.191. The number of ether oxygens (including phenoxy) is 1. The molecule has 1 atom stereocenters. The van der Waals surface area contributed by atoms with Gasteiger partial charge in [0.1, 0.15) is 12.6 Å². The van der Waals surface area contributed by atoms with Gasteiger partial charge in [-0.15, -0.1) is 0 Å². The van der Waals surface area contributed by atoms with E-state index in [2.05, 4.69) is 29.6 Å². The molecule has 2 aromatic rings. The maximum Gasteiger partial charge on any atom is 0.407 e. The molecule has 4 rings (SSSR count). The average molecular weight is 379 g/mol. The van der Waals surface area contributed by atoms with Crippen molar-refractivity contribution in [2.75, 3.05) is 6.61 Å². The van der Waals surface area contributed by atoms with E-state index in [0.29, 0.717) is 0 Å². The SMILES string of the molecule is O=C(NC(C(=O)O)C1CCCCC1)OCC1c2ccccc2-c2ccccc21. The second-order valence-electron chi connectivity index (χ2n) is 7.68. The minimum atomic E-state index is -0.986. The molecule has 0 spiro atoms. The molecule has 0 bridgehead atoms. The van der Waals surface area contributed by atoms with E-state index >= 15 is 0 Å². The summed E-state index contributed by atoms with van der Waals surface area (Å²) in [5.41, 5.74) is 4.60. The topological polar surface area (TPSA) is 75.6 Å². The minimum absolute atomic E-state index is 0.0215. The first-order valence-electron chi connectivity index (χ1n) is 9.99. The van der Waals surface area contributed by atoms with E-state index in [9.17, 15) is 14.7 Å². The van der Waals surface area contributed by atoms with Crippen molar-refractivity contribution < 1.29 is 19.4 Å². The van der Waals surface area contributed by atoms with Crippen LogP contribution in [0.25, 0.3) is 11.1 Å². The van der Waals surface area contributed by atoms with Gasteiger partial charge in [-0.2, -0.15) is 0 Å². The molecule has 0 radical (unpaired) electrons. The van der Waals surface area contributed by atoms with Crippen molar-refractivity contribution in [1.29, 1.82) is 0 Å². The number of rotatable bonds is 5. The lowest BCUT2D eigenvalue weighted by atomic mass is 9.84. The molecule has 5 heteroatoms. The van der Waals surface area contributed by atoms with Crippen LogP contribution in [0.4, 0.5) is 4.79 Å². The number of hydrogen-bond donors (Lipinski definition) is 2. The van der Waals surface area contributed by atoms with E-state index in [4.69, 9.17) is 4.74 Å². The Morgan fingerprint density at radius 3 is 2.11 bits per heavy atom.